The molecule has 0 aliphatic rings. The molecule has 3 atom stereocenters. The summed E-state index contributed by atoms with van der Waals surface area (Å²) in [6.45, 7) is 1.24. The van der Waals surface area contributed by atoms with Gasteiger partial charge >= 0.3 is 5.97 Å². The molecule has 6 N–H and O–H groups in total. The summed E-state index contributed by atoms with van der Waals surface area (Å²) in [7, 11) is 1.36. The third-order valence-corrected chi connectivity index (χ3v) is 5.75. The Morgan fingerprint density at radius 3 is 2.03 bits per heavy atom. The van der Waals surface area contributed by atoms with Crippen molar-refractivity contribution in [1.82, 2.24) is 15.5 Å². The Bertz CT molecular complexity index is 1110. The predicted octanol–water partition coefficient (Wildman–Crippen LogP) is 0.344. The van der Waals surface area contributed by atoms with Crippen LogP contribution in [0.2, 0.25) is 0 Å². The molecule has 0 saturated heterocycles. The van der Waals surface area contributed by atoms with Crippen LogP contribution in [0.3, 0.4) is 0 Å². The number of carbonyl (C=O) groups excluding carboxylic acids is 4. The van der Waals surface area contributed by atoms with Crippen molar-refractivity contribution in [1.29, 1.82) is 0 Å². The zero-order valence-electron chi connectivity index (χ0n) is 20.7. The van der Waals surface area contributed by atoms with Crippen LogP contribution in [0.1, 0.15) is 30.9 Å². The summed E-state index contributed by atoms with van der Waals surface area (Å²) in [5, 5.41) is 23.7. The average molecular weight is 513 g/mol. The molecule has 4 amide bonds. The first-order valence-electron chi connectivity index (χ1n) is 11.6. The van der Waals surface area contributed by atoms with Crippen LogP contribution in [0.5, 0.6) is 5.75 Å². The van der Waals surface area contributed by atoms with E-state index in [9.17, 15) is 29.1 Å². The van der Waals surface area contributed by atoms with Gasteiger partial charge in [-0.15, -0.1) is 0 Å². The van der Waals surface area contributed by atoms with Gasteiger partial charge in [-0.3, -0.25) is 24.0 Å². The summed E-state index contributed by atoms with van der Waals surface area (Å²) in [6.07, 6.45) is -0.479. The molecule has 0 bridgehead atoms. The van der Waals surface area contributed by atoms with E-state index in [4.69, 9.17) is 10.8 Å². The Morgan fingerprint density at radius 1 is 0.892 bits per heavy atom. The summed E-state index contributed by atoms with van der Waals surface area (Å²) in [4.78, 5) is 62.8. The minimum absolute atomic E-state index is 0.0335. The number of nitrogens with two attached hydrogens (primary N) is 1. The Balaban J connectivity index is 2.25. The molecule has 2 aromatic carbocycles. The number of nitrogens with one attached hydrogen (secondary N) is 2. The predicted molar refractivity (Wildman–Crippen MR) is 134 cm³/mol. The fourth-order valence-corrected chi connectivity index (χ4v) is 3.79. The van der Waals surface area contributed by atoms with Crippen LogP contribution in [0.25, 0.3) is 0 Å². The zero-order chi connectivity index (χ0) is 27.5. The molecule has 0 fully saturated rings. The van der Waals surface area contributed by atoms with E-state index in [1.54, 1.807) is 42.5 Å². The highest BCUT2D eigenvalue weighted by Gasteiger charge is 2.33. The minimum Gasteiger partial charge on any atom is -0.508 e. The quantitative estimate of drug-likeness (QED) is 0.257. The molecule has 0 saturated carbocycles. The number of carbonyl (C=O) groups is 5. The number of hydrogen-bond acceptors (Lipinski definition) is 6. The summed E-state index contributed by atoms with van der Waals surface area (Å²) in [5.74, 6) is -3.79. The molecule has 0 aromatic heterocycles. The van der Waals surface area contributed by atoms with Crippen LogP contribution in [0, 0.1) is 0 Å². The van der Waals surface area contributed by atoms with E-state index in [2.05, 4.69) is 10.6 Å². The summed E-state index contributed by atoms with van der Waals surface area (Å²) >= 11 is 0. The molecular weight excluding hydrogens is 480 g/mol. The molecule has 198 valence electrons. The number of hydrogen-bond donors (Lipinski definition) is 5. The second-order valence-electron chi connectivity index (χ2n) is 8.67. The number of phenols is 1. The summed E-state index contributed by atoms with van der Waals surface area (Å²) in [6, 6.07) is 11.5. The van der Waals surface area contributed by atoms with E-state index >= 15 is 0 Å². The molecule has 11 nitrogen and oxygen atoms in total. The highest BCUT2D eigenvalue weighted by Crippen LogP contribution is 2.14. The first-order valence-corrected chi connectivity index (χ1v) is 11.6. The fraction of sp³-hybridized carbons (Fsp3) is 0.346. The Morgan fingerprint density at radius 2 is 1.49 bits per heavy atom. The van der Waals surface area contributed by atoms with Crippen molar-refractivity contribution in [2.24, 2.45) is 5.73 Å². The SMILES string of the molecule is CC(=O)N[C@@H](Cc1ccc(O)cc1)C(=O)N[C@@H](CCC(=O)O)C(=O)N(C)[C@@H](Cc1ccccc1)C(N)=O. The molecule has 0 radical (unpaired) electrons. The molecule has 11 heteroatoms. The van der Waals surface area contributed by atoms with Crippen LogP contribution in [-0.4, -0.2) is 69.9 Å². The lowest BCUT2D eigenvalue weighted by atomic mass is 10.0. The van der Waals surface area contributed by atoms with Crippen molar-refractivity contribution in [3.05, 3.63) is 65.7 Å². The number of aromatic hydroxyl groups is 1. The van der Waals surface area contributed by atoms with Gasteiger partial charge in [-0.25, -0.2) is 0 Å². The van der Waals surface area contributed by atoms with Gasteiger partial charge in [-0.05, 0) is 29.7 Å². The lowest BCUT2D eigenvalue weighted by Gasteiger charge is -2.30. The maximum absolute atomic E-state index is 13.4. The van der Waals surface area contributed by atoms with Crippen LogP contribution >= 0.6 is 0 Å². The molecule has 0 heterocycles. The van der Waals surface area contributed by atoms with E-state index in [-0.39, 0.29) is 25.0 Å². The maximum atomic E-state index is 13.4. The standard InChI is InChI=1S/C26H32N4O7/c1-16(31)28-21(14-18-8-10-19(32)11-9-18)25(36)29-20(12-13-23(33)34)26(37)30(2)22(24(27)35)15-17-6-4-3-5-7-17/h3-11,20-22,32H,12-15H2,1-2H3,(H2,27,35)(H,28,31)(H,29,36)(H,33,34)/t20-,21-,22-/m0/s1. The number of rotatable bonds is 13. The van der Waals surface area contributed by atoms with Crippen LogP contribution in [0.4, 0.5) is 0 Å². The topological polar surface area (TPSA) is 179 Å². The van der Waals surface area contributed by atoms with E-state index in [0.29, 0.717) is 5.56 Å². The van der Waals surface area contributed by atoms with Crippen molar-refractivity contribution in [3.8, 4) is 5.75 Å². The number of primary amides is 1. The summed E-state index contributed by atoms with van der Waals surface area (Å²) in [5.41, 5.74) is 6.96. The van der Waals surface area contributed by atoms with Crippen LogP contribution in [-0.2, 0) is 36.8 Å². The van der Waals surface area contributed by atoms with Gasteiger partial charge in [0.05, 0.1) is 0 Å². The molecule has 2 aromatic rings. The fourth-order valence-electron chi connectivity index (χ4n) is 3.79. The highest BCUT2D eigenvalue weighted by molar-refractivity contribution is 5.94. The highest BCUT2D eigenvalue weighted by atomic mass is 16.4. The smallest absolute Gasteiger partial charge is 0.303 e. The number of likely N-dealkylation sites (N-methyl/N-ethyl adjacent to an activating group) is 1. The first-order chi connectivity index (χ1) is 17.5. The number of aliphatic carboxylic acids is 1. The number of carboxylic acids is 1. The Hall–Kier alpha value is -4.41. The van der Waals surface area contributed by atoms with Gasteiger partial charge in [0.15, 0.2) is 0 Å². The third kappa shape index (κ3) is 9.28. The molecule has 2 rings (SSSR count). The number of benzene rings is 2. The summed E-state index contributed by atoms with van der Waals surface area (Å²) < 4.78 is 0. The van der Waals surface area contributed by atoms with E-state index in [0.717, 1.165) is 10.5 Å². The molecular formula is C26H32N4O7. The Kier molecular flexibility index (Phi) is 10.6. The van der Waals surface area contributed by atoms with Crippen molar-refractivity contribution in [3.63, 3.8) is 0 Å². The monoisotopic (exact) mass is 512 g/mol. The van der Waals surface area contributed by atoms with Gasteiger partial charge in [0.1, 0.15) is 23.9 Å². The third-order valence-electron chi connectivity index (χ3n) is 5.75. The van der Waals surface area contributed by atoms with Gasteiger partial charge in [0.25, 0.3) is 0 Å². The zero-order valence-corrected chi connectivity index (χ0v) is 20.7. The second-order valence-corrected chi connectivity index (χ2v) is 8.67. The van der Waals surface area contributed by atoms with Gasteiger partial charge in [0, 0.05) is 33.2 Å². The Labute approximate surface area is 214 Å². The molecule has 0 unspecified atom stereocenters. The van der Waals surface area contributed by atoms with Crippen molar-refractivity contribution < 1.29 is 34.2 Å². The lowest BCUT2D eigenvalue weighted by Crippen LogP contribution is -2.57. The maximum Gasteiger partial charge on any atom is 0.303 e. The van der Waals surface area contributed by atoms with E-state index < -0.39 is 54.1 Å². The largest absolute Gasteiger partial charge is 0.508 e. The lowest BCUT2D eigenvalue weighted by molar-refractivity contribution is -0.142. The van der Waals surface area contributed by atoms with E-state index in [1.807, 2.05) is 0 Å². The number of carboxylic acid groups (broad SMARTS) is 1. The van der Waals surface area contributed by atoms with Crippen molar-refractivity contribution in [2.75, 3.05) is 7.05 Å². The molecule has 0 spiro atoms. The second kappa shape index (κ2) is 13.6. The van der Waals surface area contributed by atoms with Crippen molar-refractivity contribution >= 4 is 29.6 Å². The normalized spacial score (nSPS) is 13.0. The number of phenolic OH excluding ortho intramolecular Hbond substituents is 1. The molecule has 37 heavy (non-hydrogen) atoms. The van der Waals surface area contributed by atoms with Gasteiger partial charge < -0.3 is 31.5 Å². The van der Waals surface area contributed by atoms with Gasteiger partial charge in [-0.1, -0.05) is 42.5 Å². The first kappa shape index (κ1) is 28.8. The minimum atomic E-state index is -1.29. The number of nitrogens with zero attached hydrogens (tertiary/aromatic N) is 1. The van der Waals surface area contributed by atoms with Crippen LogP contribution in [0.15, 0.2) is 54.6 Å². The average Bonchev–Trinajstić information content (AvgIpc) is 2.85. The van der Waals surface area contributed by atoms with Crippen LogP contribution < -0.4 is 16.4 Å². The van der Waals surface area contributed by atoms with Crippen molar-refractivity contribution in [2.45, 2.75) is 50.7 Å². The van der Waals surface area contributed by atoms with Gasteiger partial charge in [-0.2, -0.15) is 0 Å². The molecule has 0 aliphatic carbocycles. The van der Waals surface area contributed by atoms with Gasteiger partial charge in [0.2, 0.25) is 23.6 Å². The number of amides is 4. The van der Waals surface area contributed by atoms with E-state index in [1.165, 1.54) is 26.1 Å². The molecule has 0 aliphatic heterocycles.